The molecule has 4 rings (SSSR count). The van der Waals surface area contributed by atoms with Gasteiger partial charge in [0.2, 0.25) is 0 Å². The van der Waals surface area contributed by atoms with Gasteiger partial charge in [0.15, 0.2) is 0 Å². The molecule has 1 aliphatic rings. The average Bonchev–Trinajstić information content (AvgIpc) is 2.82. The molecule has 1 aromatic carbocycles. The molecular weight excluding hydrogens is 440 g/mol. The predicted molar refractivity (Wildman–Crippen MR) is 126 cm³/mol. The highest BCUT2D eigenvalue weighted by Crippen LogP contribution is 2.33. The number of benzene rings is 1. The number of anilines is 1. The van der Waals surface area contributed by atoms with E-state index in [4.69, 9.17) is 0 Å². The van der Waals surface area contributed by atoms with Gasteiger partial charge in [-0.05, 0) is 50.6 Å². The third-order valence-electron chi connectivity index (χ3n) is 6.61. The van der Waals surface area contributed by atoms with Crippen molar-refractivity contribution in [2.45, 2.75) is 45.5 Å². The number of hydrogen-bond acceptors (Lipinski definition) is 6. The Morgan fingerprint density at radius 3 is 2.47 bits per heavy atom. The van der Waals surface area contributed by atoms with Crippen LogP contribution in [0.25, 0.3) is 11.0 Å². The number of fused-ring (bicyclic) bond motifs is 1. The zero-order chi connectivity index (χ0) is 24.6. The van der Waals surface area contributed by atoms with Crippen molar-refractivity contribution in [3.05, 3.63) is 64.1 Å². The van der Waals surface area contributed by atoms with E-state index in [2.05, 4.69) is 46.4 Å². The molecule has 0 spiro atoms. The Balaban J connectivity index is 1.61. The standard InChI is InChI=1S/C25H27F2N5O2/c1-15-14-32(22-11-23(33)30(4)21-10-7-19(12-28)29-24(21)22)16(2)13-31(15)17(3)18-5-8-20(9-6-18)34-25(26)27/h5-11,15-17,25H,13-14H2,1-4H3/t15-,16+,17?/m1/s1. The molecule has 3 heterocycles. The van der Waals surface area contributed by atoms with Crippen molar-refractivity contribution in [3.8, 4) is 11.8 Å². The van der Waals surface area contributed by atoms with E-state index in [0.29, 0.717) is 23.3 Å². The van der Waals surface area contributed by atoms with Crippen LogP contribution in [0.2, 0.25) is 0 Å². The van der Waals surface area contributed by atoms with Crippen LogP contribution in [0.5, 0.6) is 5.75 Å². The second-order valence-electron chi connectivity index (χ2n) is 8.77. The van der Waals surface area contributed by atoms with Gasteiger partial charge in [-0.3, -0.25) is 9.69 Å². The van der Waals surface area contributed by atoms with Crippen molar-refractivity contribution in [2.24, 2.45) is 7.05 Å². The van der Waals surface area contributed by atoms with E-state index in [9.17, 15) is 18.8 Å². The molecule has 3 atom stereocenters. The Labute approximate surface area is 196 Å². The summed E-state index contributed by atoms with van der Waals surface area (Å²) in [6.07, 6.45) is 0. The Morgan fingerprint density at radius 2 is 1.82 bits per heavy atom. The number of hydrogen-bond donors (Lipinski definition) is 0. The number of aryl methyl sites for hydroxylation is 1. The molecule has 2 aromatic heterocycles. The highest BCUT2D eigenvalue weighted by atomic mass is 19.3. The molecule has 178 valence electrons. The smallest absolute Gasteiger partial charge is 0.387 e. The first-order valence-corrected chi connectivity index (χ1v) is 11.2. The number of aromatic nitrogens is 2. The summed E-state index contributed by atoms with van der Waals surface area (Å²) in [7, 11) is 1.70. The number of alkyl halides is 2. The predicted octanol–water partition coefficient (Wildman–Crippen LogP) is 4.07. The highest BCUT2D eigenvalue weighted by Gasteiger charge is 2.33. The van der Waals surface area contributed by atoms with Crippen molar-refractivity contribution < 1.29 is 13.5 Å². The van der Waals surface area contributed by atoms with E-state index >= 15 is 0 Å². The molecule has 1 saturated heterocycles. The second-order valence-corrected chi connectivity index (χ2v) is 8.77. The van der Waals surface area contributed by atoms with Crippen molar-refractivity contribution in [1.29, 1.82) is 5.26 Å². The molecular formula is C25H27F2N5O2. The molecule has 3 aromatic rings. The van der Waals surface area contributed by atoms with Crippen LogP contribution in [0.1, 0.15) is 38.1 Å². The van der Waals surface area contributed by atoms with E-state index in [1.807, 2.05) is 12.1 Å². The number of nitriles is 1. The van der Waals surface area contributed by atoms with Gasteiger partial charge < -0.3 is 14.2 Å². The normalized spacial score (nSPS) is 19.9. The minimum absolute atomic E-state index is 0.0592. The molecule has 0 bridgehead atoms. The molecule has 1 fully saturated rings. The summed E-state index contributed by atoms with van der Waals surface area (Å²) in [5, 5.41) is 9.33. The van der Waals surface area contributed by atoms with Crippen molar-refractivity contribution >= 4 is 16.7 Å². The molecule has 0 radical (unpaired) electrons. The lowest BCUT2D eigenvalue weighted by molar-refractivity contribution is -0.0498. The van der Waals surface area contributed by atoms with E-state index in [1.165, 1.54) is 0 Å². The van der Waals surface area contributed by atoms with Gasteiger partial charge in [0, 0.05) is 44.3 Å². The zero-order valence-corrected chi connectivity index (χ0v) is 19.6. The lowest BCUT2D eigenvalue weighted by Crippen LogP contribution is -2.57. The van der Waals surface area contributed by atoms with Gasteiger partial charge in [-0.2, -0.15) is 14.0 Å². The van der Waals surface area contributed by atoms with Crippen LogP contribution in [-0.2, 0) is 7.05 Å². The fraction of sp³-hybridized carbons (Fsp3) is 0.400. The SMILES string of the molecule is CC(c1ccc(OC(F)F)cc1)N1C[C@H](C)N(c2cc(=O)n(C)c3ccc(C#N)nc23)C[C@H]1C. The number of pyridine rings is 2. The molecule has 0 aliphatic carbocycles. The summed E-state index contributed by atoms with van der Waals surface area (Å²) in [6.45, 7) is 4.87. The monoisotopic (exact) mass is 467 g/mol. The van der Waals surface area contributed by atoms with Crippen molar-refractivity contribution in [3.63, 3.8) is 0 Å². The number of halogens is 2. The van der Waals surface area contributed by atoms with E-state index in [0.717, 1.165) is 17.8 Å². The summed E-state index contributed by atoms with van der Waals surface area (Å²) in [5.74, 6) is 0.138. The molecule has 7 nitrogen and oxygen atoms in total. The summed E-state index contributed by atoms with van der Waals surface area (Å²) in [4.78, 5) is 21.7. The minimum atomic E-state index is -2.85. The molecule has 1 unspecified atom stereocenters. The fourth-order valence-electron chi connectivity index (χ4n) is 4.74. The van der Waals surface area contributed by atoms with Crippen molar-refractivity contribution in [2.75, 3.05) is 18.0 Å². The topological polar surface area (TPSA) is 74.4 Å². The van der Waals surface area contributed by atoms with Gasteiger partial charge in [-0.15, -0.1) is 0 Å². The van der Waals surface area contributed by atoms with Crippen LogP contribution < -0.4 is 15.2 Å². The number of piperazine rings is 1. The van der Waals surface area contributed by atoms with Crippen LogP contribution in [0.15, 0.2) is 47.3 Å². The summed E-state index contributed by atoms with van der Waals surface area (Å²) >= 11 is 0. The summed E-state index contributed by atoms with van der Waals surface area (Å²) < 4.78 is 30.9. The average molecular weight is 468 g/mol. The zero-order valence-electron chi connectivity index (χ0n) is 19.6. The number of ether oxygens (including phenoxy) is 1. The maximum Gasteiger partial charge on any atom is 0.387 e. The van der Waals surface area contributed by atoms with Crippen molar-refractivity contribution in [1.82, 2.24) is 14.5 Å². The minimum Gasteiger partial charge on any atom is -0.435 e. The quantitative estimate of drug-likeness (QED) is 0.563. The third kappa shape index (κ3) is 4.46. The van der Waals surface area contributed by atoms with Gasteiger partial charge in [0.05, 0.1) is 11.2 Å². The first kappa shape index (κ1) is 23.6. The molecule has 9 heteroatoms. The second kappa shape index (κ2) is 9.39. The highest BCUT2D eigenvalue weighted by molar-refractivity contribution is 5.89. The van der Waals surface area contributed by atoms with Crippen LogP contribution in [0.4, 0.5) is 14.5 Å². The number of nitrogens with zero attached hydrogens (tertiary/aromatic N) is 5. The first-order valence-electron chi connectivity index (χ1n) is 11.2. The summed E-state index contributed by atoms with van der Waals surface area (Å²) in [5.41, 5.74) is 3.23. The van der Waals surface area contributed by atoms with E-state index in [-0.39, 0.29) is 29.4 Å². The molecule has 0 N–H and O–H groups in total. The Hall–Kier alpha value is -3.51. The van der Waals surface area contributed by atoms with Crippen LogP contribution in [0, 0.1) is 11.3 Å². The first-order chi connectivity index (χ1) is 16.2. The third-order valence-corrected chi connectivity index (χ3v) is 6.61. The lowest BCUT2D eigenvalue weighted by Gasteiger charge is -2.47. The van der Waals surface area contributed by atoms with Crippen LogP contribution in [0.3, 0.4) is 0 Å². The Bertz CT molecular complexity index is 1290. The Kier molecular flexibility index (Phi) is 6.53. The molecule has 34 heavy (non-hydrogen) atoms. The molecule has 0 saturated carbocycles. The Morgan fingerprint density at radius 1 is 1.12 bits per heavy atom. The van der Waals surface area contributed by atoms with Gasteiger partial charge in [0.25, 0.3) is 5.56 Å². The van der Waals surface area contributed by atoms with Gasteiger partial charge in [-0.1, -0.05) is 12.1 Å². The fourth-order valence-corrected chi connectivity index (χ4v) is 4.74. The van der Waals surface area contributed by atoms with Gasteiger partial charge in [0.1, 0.15) is 23.0 Å². The van der Waals surface area contributed by atoms with Crippen LogP contribution in [-0.4, -0.2) is 46.2 Å². The maximum atomic E-state index is 12.7. The van der Waals surface area contributed by atoms with E-state index in [1.54, 1.807) is 41.9 Å². The van der Waals surface area contributed by atoms with Gasteiger partial charge >= 0.3 is 6.61 Å². The molecule has 1 aliphatic heterocycles. The number of rotatable bonds is 5. The van der Waals surface area contributed by atoms with Gasteiger partial charge in [-0.25, -0.2) is 4.98 Å². The summed E-state index contributed by atoms with van der Waals surface area (Å²) in [6, 6.07) is 14.1. The van der Waals surface area contributed by atoms with E-state index < -0.39 is 6.61 Å². The lowest BCUT2D eigenvalue weighted by atomic mass is 10.00. The maximum absolute atomic E-state index is 12.7. The largest absolute Gasteiger partial charge is 0.435 e. The van der Waals surface area contributed by atoms with Crippen LogP contribution >= 0.6 is 0 Å². The molecule has 0 amide bonds.